The molecule has 0 spiro atoms. The lowest BCUT2D eigenvalue weighted by Gasteiger charge is -2.40. The van der Waals surface area contributed by atoms with Crippen LogP contribution in [0.25, 0.3) is 0 Å². The van der Waals surface area contributed by atoms with Gasteiger partial charge in [0.05, 0.1) is 0 Å². The van der Waals surface area contributed by atoms with E-state index in [4.69, 9.17) is 9.90 Å². The second kappa shape index (κ2) is 8.02. The molecule has 2 aromatic rings. The van der Waals surface area contributed by atoms with Gasteiger partial charge in [-0.1, -0.05) is 48.5 Å². The van der Waals surface area contributed by atoms with Gasteiger partial charge in [0.1, 0.15) is 5.60 Å². The topological polar surface area (TPSA) is 69.6 Å². The molecular formula is C22H27NO3. The number of rotatable bonds is 1. The minimum absolute atomic E-state index is 0.286. The van der Waals surface area contributed by atoms with Crippen LogP contribution in [0.15, 0.2) is 48.5 Å². The average Bonchev–Trinajstić information content (AvgIpc) is 2.79. The zero-order valence-corrected chi connectivity index (χ0v) is 15.2. The molecule has 2 aliphatic rings. The molecule has 138 valence electrons. The van der Waals surface area contributed by atoms with E-state index < -0.39 is 11.6 Å². The third-order valence-corrected chi connectivity index (χ3v) is 5.45. The van der Waals surface area contributed by atoms with Crippen LogP contribution in [-0.4, -0.2) is 29.3 Å². The molecule has 2 aromatic carbocycles. The maximum absolute atomic E-state index is 12.0. The summed E-state index contributed by atoms with van der Waals surface area (Å²) in [6.07, 6.45) is 4.08. The number of carboxylic acids is 1. The normalized spacial score (nSPS) is 18.5. The van der Waals surface area contributed by atoms with Crippen molar-refractivity contribution in [3.05, 3.63) is 70.8 Å². The van der Waals surface area contributed by atoms with Crippen LogP contribution in [0.5, 0.6) is 0 Å². The number of nitrogens with one attached hydrogen (secondary N) is 1. The number of piperidine rings is 1. The fourth-order valence-electron chi connectivity index (χ4n) is 4.31. The summed E-state index contributed by atoms with van der Waals surface area (Å²) in [5.74, 6) is -0.547. The molecule has 1 fully saturated rings. The lowest BCUT2D eigenvalue weighted by Crippen LogP contribution is -2.43. The number of hydrogen-bond acceptors (Lipinski definition) is 3. The first kappa shape index (κ1) is 18.6. The van der Waals surface area contributed by atoms with Gasteiger partial charge < -0.3 is 15.5 Å². The van der Waals surface area contributed by atoms with Gasteiger partial charge in [0.2, 0.25) is 0 Å². The van der Waals surface area contributed by atoms with Crippen molar-refractivity contribution < 1.29 is 15.0 Å². The summed E-state index contributed by atoms with van der Waals surface area (Å²) in [4.78, 5) is 9.00. The largest absolute Gasteiger partial charge is 0.481 e. The Bertz CT molecular complexity index is 714. The van der Waals surface area contributed by atoms with Crippen LogP contribution in [-0.2, 0) is 23.2 Å². The number of aliphatic hydroxyl groups is 1. The van der Waals surface area contributed by atoms with E-state index in [0.717, 1.165) is 56.8 Å². The summed E-state index contributed by atoms with van der Waals surface area (Å²) in [6, 6.07) is 17.0. The van der Waals surface area contributed by atoms with Gasteiger partial charge in [-0.3, -0.25) is 4.79 Å². The van der Waals surface area contributed by atoms with Crippen molar-refractivity contribution in [1.29, 1.82) is 0 Å². The maximum atomic E-state index is 12.0. The summed E-state index contributed by atoms with van der Waals surface area (Å²) in [7, 11) is 0. The van der Waals surface area contributed by atoms with Crippen molar-refractivity contribution in [3.8, 4) is 0 Å². The van der Waals surface area contributed by atoms with E-state index in [9.17, 15) is 5.11 Å². The quantitative estimate of drug-likeness (QED) is 0.737. The van der Waals surface area contributed by atoms with Crippen molar-refractivity contribution >= 4 is 5.97 Å². The maximum Gasteiger partial charge on any atom is 0.300 e. The van der Waals surface area contributed by atoms with Crippen LogP contribution in [0.2, 0.25) is 0 Å². The first-order valence-corrected chi connectivity index (χ1v) is 9.33. The average molecular weight is 353 g/mol. The Morgan fingerprint density at radius 2 is 1.38 bits per heavy atom. The molecule has 0 amide bonds. The van der Waals surface area contributed by atoms with Crippen molar-refractivity contribution in [3.63, 3.8) is 0 Å². The molecule has 4 rings (SSSR count). The first-order chi connectivity index (χ1) is 12.5. The van der Waals surface area contributed by atoms with E-state index in [1.165, 1.54) is 11.1 Å². The lowest BCUT2D eigenvalue weighted by molar-refractivity contribution is -0.134. The first-order valence-electron chi connectivity index (χ1n) is 9.33. The third-order valence-electron chi connectivity index (χ3n) is 5.45. The molecule has 4 nitrogen and oxygen atoms in total. The van der Waals surface area contributed by atoms with E-state index in [2.05, 4.69) is 53.8 Å². The molecule has 0 unspecified atom stereocenters. The van der Waals surface area contributed by atoms with Gasteiger partial charge in [-0.05, 0) is 66.9 Å². The number of carboxylic acid groups (broad SMARTS) is 1. The fourth-order valence-corrected chi connectivity index (χ4v) is 4.31. The van der Waals surface area contributed by atoms with E-state index in [1.807, 2.05) is 0 Å². The van der Waals surface area contributed by atoms with Gasteiger partial charge >= 0.3 is 0 Å². The Kier molecular flexibility index (Phi) is 5.74. The predicted molar refractivity (Wildman–Crippen MR) is 102 cm³/mol. The molecule has 1 aliphatic carbocycles. The number of hydrogen-bond donors (Lipinski definition) is 3. The summed E-state index contributed by atoms with van der Waals surface area (Å²) >= 11 is 0. The van der Waals surface area contributed by atoms with Crippen LogP contribution in [0.3, 0.4) is 0 Å². The van der Waals surface area contributed by atoms with Crippen LogP contribution in [0, 0.1) is 5.92 Å². The summed E-state index contributed by atoms with van der Waals surface area (Å²) in [5.41, 5.74) is 4.03. The van der Waals surface area contributed by atoms with E-state index in [-0.39, 0.29) is 5.92 Å². The Morgan fingerprint density at radius 3 is 1.85 bits per heavy atom. The molecule has 4 heteroatoms. The Balaban J connectivity index is 0.000000447. The highest BCUT2D eigenvalue weighted by atomic mass is 16.4. The highest BCUT2D eigenvalue weighted by Gasteiger charge is 2.43. The number of benzene rings is 2. The van der Waals surface area contributed by atoms with Crippen LogP contribution in [0.4, 0.5) is 0 Å². The molecule has 3 N–H and O–H groups in total. The second-order valence-electron chi connectivity index (χ2n) is 7.12. The Morgan fingerprint density at radius 1 is 0.962 bits per heavy atom. The Labute approximate surface area is 154 Å². The SMILES string of the molecule is CC(=O)O.OC1(C2CCNCC2)c2ccccc2CCc2ccccc21. The summed E-state index contributed by atoms with van der Waals surface area (Å²) < 4.78 is 0. The van der Waals surface area contributed by atoms with E-state index in [0.29, 0.717) is 0 Å². The second-order valence-corrected chi connectivity index (χ2v) is 7.12. The monoisotopic (exact) mass is 353 g/mol. The number of aryl methyl sites for hydroxylation is 2. The molecule has 0 radical (unpaired) electrons. The molecule has 0 aromatic heterocycles. The molecule has 0 atom stereocenters. The molecule has 1 aliphatic heterocycles. The highest BCUT2D eigenvalue weighted by Crippen LogP contribution is 2.45. The van der Waals surface area contributed by atoms with Crippen LogP contribution in [0.1, 0.15) is 42.0 Å². The smallest absolute Gasteiger partial charge is 0.300 e. The van der Waals surface area contributed by atoms with Gasteiger partial charge in [0.15, 0.2) is 0 Å². The van der Waals surface area contributed by atoms with Crippen LogP contribution >= 0.6 is 0 Å². The van der Waals surface area contributed by atoms with E-state index in [1.54, 1.807) is 0 Å². The number of fused-ring (bicyclic) bond motifs is 2. The molecule has 1 saturated heterocycles. The molecule has 0 saturated carbocycles. The lowest BCUT2D eigenvalue weighted by atomic mass is 9.71. The zero-order chi connectivity index (χ0) is 18.6. The van der Waals surface area contributed by atoms with Crippen molar-refractivity contribution in [1.82, 2.24) is 5.32 Å². The van der Waals surface area contributed by atoms with Gasteiger partial charge in [0, 0.05) is 6.92 Å². The number of aliphatic carboxylic acids is 1. The molecule has 26 heavy (non-hydrogen) atoms. The molecule has 1 heterocycles. The van der Waals surface area contributed by atoms with Gasteiger partial charge in [-0.25, -0.2) is 0 Å². The molecular weight excluding hydrogens is 326 g/mol. The minimum Gasteiger partial charge on any atom is -0.481 e. The van der Waals surface area contributed by atoms with Crippen LogP contribution < -0.4 is 5.32 Å². The Hall–Kier alpha value is -2.17. The molecule has 0 bridgehead atoms. The van der Waals surface area contributed by atoms with Gasteiger partial charge in [-0.2, -0.15) is 0 Å². The van der Waals surface area contributed by atoms with Gasteiger partial charge in [-0.15, -0.1) is 0 Å². The standard InChI is InChI=1S/C20H23NO.C2H4O2/c22-20(17-11-13-21-14-12-17)18-7-3-1-5-15(18)9-10-16-6-2-4-8-19(16)20;1-2(3)4/h1-8,17,21-22H,9-14H2;1H3,(H,3,4). The fraction of sp³-hybridized carbons (Fsp3) is 0.409. The predicted octanol–water partition coefficient (Wildman–Crippen LogP) is 3.11. The van der Waals surface area contributed by atoms with E-state index >= 15 is 0 Å². The third kappa shape index (κ3) is 3.67. The summed E-state index contributed by atoms with van der Waals surface area (Å²) in [5, 5.41) is 22.8. The summed E-state index contributed by atoms with van der Waals surface area (Å²) in [6.45, 7) is 3.08. The van der Waals surface area contributed by atoms with Crippen molar-refractivity contribution in [2.45, 2.75) is 38.2 Å². The number of carbonyl (C=O) groups is 1. The minimum atomic E-state index is -0.841. The zero-order valence-electron chi connectivity index (χ0n) is 15.2. The van der Waals surface area contributed by atoms with Crippen molar-refractivity contribution in [2.24, 2.45) is 5.92 Å². The van der Waals surface area contributed by atoms with Gasteiger partial charge in [0.25, 0.3) is 5.97 Å². The highest BCUT2D eigenvalue weighted by molar-refractivity contribution is 5.63. The van der Waals surface area contributed by atoms with Crippen molar-refractivity contribution in [2.75, 3.05) is 13.1 Å².